The number of ether oxygens (including phenoxy) is 3. The Bertz CT molecular complexity index is 1580. The lowest BCUT2D eigenvalue weighted by molar-refractivity contribution is -0.139. The zero-order chi connectivity index (χ0) is 26.1. The first-order chi connectivity index (χ1) is 17.2. The number of aromatic nitrogens is 1. The smallest absolute Gasteiger partial charge is 0.338 e. The molecule has 0 fully saturated rings. The summed E-state index contributed by atoms with van der Waals surface area (Å²) in [5.41, 5.74) is 1.24. The summed E-state index contributed by atoms with van der Waals surface area (Å²) in [5.74, 6) is 0.315. The SMILES string of the molecule is CCOC(=O)C1=C(C)N=c2sc(=Cc3cc(Cl)ccc3O)c(=O)n2[C@@H]1c1cc(OC)c(OC)cc1Br. The van der Waals surface area contributed by atoms with E-state index in [1.807, 2.05) is 0 Å². The molecule has 1 N–H and O–H groups in total. The van der Waals surface area contributed by atoms with E-state index in [9.17, 15) is 14.7 Å². The van der Waals surface area contributed by atoms with E-state index in [1.54, 1.807) is 44.2 Å². The molecule has 0 saturated heterocycles. The van der Waals surface area contributed by atoms with Gasteiger partial charge >= 0.3 is 5.97 Å². The first-order valence-corrected chi connectivity index (χ1v) is 12.8. The molecule has 1 aromatic heterocycles. The number of aromatic hydroxyl groups is 1. The van der Waals surface area contributed by atoms with Crippen molar-refractivity contribution in [3.05, 3.63) is 81.9 Å². The second kappa shape index (κ2) is 10.5. The number of hydrogen-bond acceptors (Lipinski definition) is 8. The Morgan fingerprint density at radius 1 is 1.25 bits per heavy atom. The van der Waals surface area contributed by atoms with Crippen molar-refractivity contribution < 1.29 is 24.1 Å². The molecule has 0 spiro atoms. The maximum atomic E-state index is 13.7. The van der Waals surface area contributed by atoms with Crippen LogP contribution in [-0.2, 0) is 9.53 Å². The molecule has 1 aliphatic rings. The average Bonchev–Trinajstić information content (AvgIpc) is 3.14. The van der Waals surface area contributed by atoms with E-state index < -0.39 is 12.0 Å². The van der Waals surface area contributed by atoms with E-state index in [0.29, 0.717) is 47.2 Å². The number of benzene rings is 2. The van der Waals surface area contributed by atoms with Crippen molar-refractivity contribution in [1.29, 1.82) is 0 Å². The molecule has 3 aromatic rings. The Hall–Kier alpha value is -3.08. The summed E-state index contributed by atoms with van der Waals surface area (Å²) in [5, 5.41) is 10.7. The molecular weight excluding hydrogens is 572 g/mol. The number of halogens is 2. The van der Waals surface area contributed by atoms with Crippen LogP contribution in [0.15, 0.2) is 55.9 Å². The number of phenolic OH excluding ortho intramolecular Hbond substituents is 1. The summed E-state index contributed by atoms with van der Waals surface area (Å²) < 4.78 is 18.6. The highest BCUT2D eigenvalue weighted by molar-refractivity contribution is 9.10. The first kappa shape index (κ1) is 26.0. The van der Waals surface area contributed by atoms with Gasteiger partial charge in [0.2, 0.25) is 0 Å². The van der Waals surface area contributed by atoms with Crippen LogP contribution in [0.2, 0.25) is 5.02 Å². The van der Waals surface area contributed by atoms with Crippen LogP contribution >= 0.6 is 38.9 Å². The number of methoxy groups -OCH3 is 2. The third-order valence-corrected chi connectivity index (χ3v) is 7.50. The minimum Gasteiger partial charge on any atom is -0.507 e. The monoisotopic (exact) mass is 592 g/mol. The number of allylic oxidation sites excluding steroid dienone is 1. The van der Waals surface area contributed by atoms with Crippen molar-refractivity contribution in [2.75, 3.05) is 20.8 Å². The van der Waals surface area contributed by atoms with Crippen LogP contribution in [0.3, 0.4) is 0 Å². The fourth-order valence-corrected chi connectivity index (χ4v) is 5.70. The summed E-state index contributed by atoms with van der Waals surface area (Å²) in [6.45, 7) is 3.57. The predicted octanol–water partition coefficient (Wildman–Crippen LogP) is 3.94. The molecule has 0 radical (unpaired) electrons. The minimum atomic E-state index is -0.857. The van der Waals surface area contributed by atoms with Gasteiger partial charge in [-0.25, -0.2) is 9.79 Å². The third kappa shape index (κ3) is 4.68. The van der Waals surface area contributed by atoms with E-state index in [0.717, 1.165) is 11.3 Å². The lowest BCUT2D eigenvalue weighted by atomic mass is 9.95. The fourth-order valence-electron chi connectivity index (χ4n) is 3.95. The summed E-state index contributed by atoms with van der Waals surface area (Å²) in [4.78, 5) is 31.8. The molecule has 11 heteroatoms. The van der Waals surface area contributed by atoms with Crippen molar-refractivity contribution in [3.8, 4) is 17.2 Å². The molecule has 8 nitrogen and oxygen atoms in total. The van der Waals surface area contributed by atoms with E-state index in [-0.39, 0.29) is 23.5 Å². The van der Waals surface area contributed by atoms with Crippen molar-refractivity contribution >= 4 is 50.9 Å². The standard InChI is InChI=1S/C25H22BrClN2O6S/c1-5-35-24(32)21-12(2)28-25-29(22(21)15-10-18(33-3)19(34-4)11-16(15)26)23(31)20(36-25)9-13-8-14(27)6-7-17(13)30/h6-11,22,30H,5H2,1-4H3/t22-/m1/s1. The van der Waals surface area contributed by atoms with Crippen molar-refractivity contribution in [2.45, 2.75) is 19.9 Å². The number of esters is 1. The average molecular weight is 594 g/mol. The molecule has 4 rings (SSSR count). The number of nitrogens with zero attached hydrogens (tertiary/aromatic N) is 2. The van der Waals surface area contributed by atoms with Gasteiger partial charge in [-0.1, -0.05) is 38.9 Å². The topological polar surface area (TPSA) is 99.4 Å². The van der Waals surface area contributed by atoms with Gasteiger partial charge in [-0.15, -0.1) is 0 Å². The Labute approximate surface area is 223 Å². The van der Waals surface area contributed by atoms with Gasteiger partial charge in [-0.3, -0.25) is 9.36 Å². The van der Waals surface area contributed by atoms with Crippen molar-refractivity contribution in [1.82, 2.24) is 4.57 Å². The number of carbonyl (C=O) groups is 1. The number of phenols is 1. The predicted molar refractivity (Wildman–Crippen MR) is 141 cm³/mol. The normalized spacial score (nSPS) is 15.4. The fraction of sp³-hybridized carbons (Fsp3) is 0.240. The van der Waals surface area contributed by atoms with Gasteiger partial charge < -0.3 is 19.3 Å². The Balaban J connectivity index is 2.03. The molecule has 0 bridgehead atoms. The zero-order valence-corrected chi connectivity index (χ0v) is 23.0. The number of hydrogen-bond donors (Lipinski definition) is 1. The van der Waals surface area contributed by atoms with Crippen LogP contribution < -0.4 is 24.4 Å². The molecule has 0 unspecified atom stereocenters. The van der Waals surface area contributed by atoms with E-state index in [2.05, 4.69) is 20.9 Å². The van der Waals surface area contributed by atoms with Crippen LogP contribution in [0.25, 0.3) is 6.08 Å². The Kier molecular flexibility index (Phi) is 7.58. The maximum absolute atomic E-state index is 13.7. The molecule has 2 aromatic carbocycles. The zero-order valence-electron chi connectivity index (χ0n) is 19.8. The highest BCUT2D eigenvalue weighted by atomic mass is 79.9. The molecule has 36 heavy (non-hydrogen) atoms. The Morgan fingerprint density at radius 3 is 2.61 bits per heavy atom. The lowest BCUT2D eigenvalue weighted by Crippen LogP contribution is -2.40. The maximum Gasteiger partial charge on any atom is 0.338 e. The highest BCUT2D eigenvalue weighted by Gasteiger charge is 2.35. The van der Waals surface area contributed by atoms with Crippen LogP contribution in [0, 0.1) is 0 Å². The van der Waals surface area contributed by atoms with Gasteiger partial charge in [-0.05, 0) is 55.8 Å². The first-order valence-electron chi connectivity index (χ1n) is 10.8. The van der Waals surface area contributed by atoms with Gasteiger partial charge in [0.05, 0.1) is 42.7 Å². The van der Waals surface area contributed by atoms with Gasteiger partial charge in [-0.2, -0.15) is 0 Å². The van der Waals surface area contributed by atoms with Crippen LogP contribution in [-0.4, -0.2) is 36.5 Å². The van der Waals surface area contributed by atoms with E-state index >= 15 is 0 Å². The molecule has 2 heterocycles. The second-order valence-electron chi connectivity index (χ2n) is 7.73. The van der Waals surface area contributed by atoms with Crippen molar-refractivity contribution in [2.24, 2.45) is 4.99 Å². The minimum absolute atomic E-state index is 0.0205. The molecule has 1 aliphatic heterocycles. The van der Waals surface area contributed by atoms with Crippen molar-refractivity contribution in [3.63, 3.8) is 0 Å². The van der Waals surface area contributed by atoms with E-state index in [1.165, 1.54) is 24.9 Å². The van der Waals surface area contributed by atoms with Gasteiger partial charge in [0.1, 0.15) is 5.75 Å². The largest absolute Gasteiger partial charge is 0.507 e. The highest BCUT2D eigenvalue weighted by Crippen LogP contribution is 2.40. The summed E-state index contributed by atoms with van der Waals surface area (Å²) in [7, 11) is 3.03. The van der Waals surface area contributed by atoms with Crippen LogP contribution in [0.4, 0.5) is 0 Å². The second-order valence-corrected chi connectivity index (χ2v) is 10.0. The van der Waals surface area contributed by atoms with Crippen LogP contribution in [0.5, 0.6) is 17.2 Å². The van der Waals surface area contributed by atoms with E-state index in [4.69, 9.17) is 25.8 Å². The molecule has 1 atom stereocenters. The summed E-state index contributed by atoms with van der Waals surface area (Å²) in [6, 6.07) is 7.14. The van der Waals surface area contributed by atoms with Gasteiger partial charge in [0.25, 0.3) is 5.56 Å². The van der Waals surface area contributed by atoms with Gasteiger partial charge in [0, 0.05) is 15.1 Å². The Morgan fingerprint density at radius 2 is 1.94 bits per heavy atom. The molecular formula is C25H22BrClN2O6S. The lowest BCUT2D eigenvalue weighted by Gasteiger charge is -2.26. The molecule has 188 valence electrons. The molecule has 0 aliphatic carbocycles. The number of thiazole rings is 1. The summed E-state index contributed by atoms with van der Waals surface area (Å²) in [6.07, 6.45) is 1.55. The third-order valence-electron chi connectivity index (χ3n) is 5.59. The van der Waals surface area contributed by atoms with Gasteiger partial charge in [0.15, 0.2) is 16.3 Å². The quantitative estimate of drug-likeness (QED) is 0.435. The molecule has 0 amide bonds. The number of carbonyl (C=O) groups excluding carboxylic acids is 1. The molecule has 0 saturated carbocycles. The number of rotatable bonds is 6. The van der Waals surface area contributed by atoms with Crippen LogP contribution in [0.1, 0.15) is 31.0 Å². The number of fused-ring (bicyclic) bond motifs is 1. The summed E-state index contributed by atoms with van der Waals surface area (Å²) >= 11 is 10.8.